The molecule has 1 unspecified atom stereocenters. The second-order valence-corrected chi connectivity index (χ2v) is 6.76. The second-order valence-electron chi connectivity index (χ2n) is 5.70. The van der Waals surface area contributed by atoms with Crippen molar-refractivity contribution in [3.8, 4) is 0 Å². The lowest BCUT2D eigenvalue weighted by molar-refractivity contribution is 0.0920. The number of nitrogens with one attached hydrogen (secondary N) is 1. The number of aromatic nitrogens is 1. The van der Waals surface area contributed by atoms with Gasteiger partial charge in [-0.3, -0.25) is 4.79 Å². The fraction of sp³-hybridized carbons (Fsp3) is 0.333. The number of benzene rings is 1. The van der Waals surface area contributed by atoms with E-state index in [4.69, 9.17) is 0 Å². The fourth-order valence-corrected chi connectivity index (χ4v) is 3.46. The van der Waals surface area contributed by atoms with Crippen molar-refractivity contribution in [1.29, 1.82) is 0 Å². The number of hydrogen-bond acceptors (Lipinski definition) is 4. The average molecular weight is 328 g/mol. The second kappa shape index (κ2) is 7.62. The molecule has 0 saturated heterocycles. The van der Waals surface area contributed by atoms with Gasteiger partial charge in [-0.2, -0.15) is 0 Å². The van der Waals surface area contributed by atoms with Gasteiger partial charge >= 0.3 is 0 Å². The minimum Gasteiger partial charge on any atom is -0.396 e. The summed E-state index contributed by atoms with van der Waals surface area (Å²) < 4.78 is 0. The van der Waals surface area contributed by atoms with Crippen LogP contribution in [-0.4, -0.2) is 28.6 Å². The Morgan fingerprint density at radius 2 is 2.04 bits per heavy atom. The third kappa shape index (κ3) is 4.33. The molecule has 2 aromatic rings. The predicted molar refractivity (Wildman–Crippen MR) is 90.5 cm³/mol. The standard InChI is InChI=1S/C18H20N2O2S/c21-12-10-16(13-8-9-13)20-17(22)15-7-4-11-19-18(15)23-14-5-2-1-3-6-14/h1-7,11,13,16,21H,8-10,12H2,(H,20,22). The van der Waals surface area contributed by atoms with Crippen LogP contribution in [-0.2, 0) is 0 Å². The van der Waals surface area contributed by atoms with Crippen LogP contribution in [0.2, 0.25) is 0 Å². The molecule has 3 rings (SSSR count). The van der Waals surface area contributed by atoms with Crippen molar-refractivity contribution in [2.24, 2.45) is 5.92 Å². The first kappa shape index (κ1) is 16.0. The van der Waals surface area contributed by atoms with Crippen LogP contribution in [0, 0.1) is 5.92 Å². The molecule has 1 aliphatic carbocycles. The highest BCUT2D eigenvalue weighted by molar-refractivity contribution is 7.99. The molecule has 1 fully saturated rings. The molecule has 0 aliphatic heterocycles. The monoisotopic (exact) mass is 328 g/mol. The summed E-state index contributed by atoms with van der Waals surface area (Å²) in [4.78, 5) is 18.0. The highest BCUT2D eigenvalue weighted by Gasteiger charge is 2.32. The first-order valence-corrected chi connectivity index (χ1v) is 8.69. The fourth-order valence-electron chi connectivity index (χ4n) is 2.55. The van der Waals surface area contributed by atoms with E-state index in [0.717, 1.165) is 17.7 Å². The summed E-state index contributed by atoms with van der Waals surface area (Å²) in [5.74, 6) is 0.398. The van der Waals surface area contributed by atoms with E-state index in [1.807, 2.05) is 30.3 Å². The topological polar surface area (TPSA) is 62.2 Å². The molecule has 0 bridgehead atoms. The molecule has 2 N–H and O–H groups in total. The van der Waals surface area contributed by atoms with Gasteiger partial charge in [0.25, 0.3) is 5.91 Å². The number of hydrogen-bond donors (Lipinski definition) is 2. The van der Waals surface area contributed by atoms with Gasteiger partial charge < -0.3 is 10.4 Å². The van der Waals surface area contributed by atoms with E-state index in [2.05, 4.69) is 10.3 Å². The first-order chi connectivity index (χ1) is 11.3. The van der Waals surface area contributed by atoms with Gasteiger partial charge in [0, 0.05) is 23.7 Å². The lowest BCUT2D eigenvalue weighted by Gasteiger charge is -2.18. The van der Waals surface area contributed by atoms with Crippen molar-refractivity contribution < 1.29 is 9.90 Å². The maximum Gasteiger partial charge on any atom is 0.254 e. The molecular weight excluding hydrogens is 308 g/mol. The summed E-state index contributed by atoms with van der Waals surface area (Å²) >= 11 is 1.49. The van der Waals surface area contributed by atoms with Gasteiger partial charge in [0.2, 0.25) is 0 Å². The highest BCUT2D eigenvalue weighted by atomic mass is 32.2. The molecule has 0 spiro atoms. The number of carbonyl (C=O) groups is 1. The number of carbonyl (C=O) groups excluding carboxylic acids is 1. The number of pyridine rings is 1. The molecule has 1 aromatic heterocycles. The Morgan fingerprint density at radius 3 is 2.74 bits per heavy atom. The highest BCUT2D eigenvalue weighted by Crippen LogP contribution is 2.34. The molecule has 1 saturated carbocycles. The molecule has 4 nitrogen and oxygen atoms in total. The van der Waals surface area contributed by atoms with Crippen LogP contribution in [0.3, 0.4) is 0 Å². The van der Waals surface area contributed by atoms with E-state index in [9.17, 15) is 9.90 Å². The number of aliphatic hydroxyl groups is 1. The molecule has 5 heteroatoms. The smallest absolute Gasteiger partial charge is 0.254 e. The largest absolute Gasteiger partial charge is 0.396 e. The van der Waals surface area contributed by atoms with Gasteiger partial charge in [0.1, 0.15) is 5.03 Å². The van der Waals surface area contributed by atoms with Crippen molar-refractivity contribution in [2.75, 3.05) is 6.61 Å². The lowest BCUT2D eigenvalue weighted by atomic mass is 10.1. The lowest BCUT2D eigenvalue weighted by Crippen LogP contribution is -2.37. The molecule has 23 heavy (non-hydrogen) atoms. The van der Waals surface area contributed by atoms with E-state index in [1.54, 1.807) is 18.3 Å². The SMILES string of the molecule is O=C(NC(CCO)C1CC1)c1cccnc1Sc1ccccc1. The normalized spacial score (nSPS) is 15.2. The predicted octanol–water partition coefficient (Wildman–Crippen LogP) is 3.12. The van der Waals surface area contributed by atoms with Crippen LogP contribution >= 0.6 is 11.8 Å². The van der Waals surface area contributed by atoms with Crippen LogP contribution in [0.1, 0.15) is 29.6 Å². The van der Waals surface area contributed by atoms with E-state index in [0.29, 0.717) is 22.9 Å². The molecule has 0 radical (unpaired) electrons. The zero-order chi connectivity index (χ0) is 16.1. The zero-order valence-electron chi connectivity index (χ0n) is 12.8. The maximum atomic E-state index is 12.6. The number of nitrogens with zero attached hydrogens (tertiary/aromatic N) is 1. The van der Waals surface area contributed by atoms with Crippen LogP contribution in [0.5, 0.6) is 0 Å². The third-order valence-corrected chi connectivity index (χ3v) is 4.95. The molecule has 120 valence electrons. The summed E-state index contributed by atoms with van der Waals surface area (Å²) in [5.41, 5.74) is 0.588. The molecule has 1 amide bonds. The summed E-state index contributed by atoms with van der Waals surface area (Å²) in [6.07, 6.45) is 4.57. The first-order valence-electron chi connectivity index (χ1n) is 7.87. The average Bonchev–Trinajstić information content (AvgIpc) is 3.41. The summed E-state index contributed by atoms with van der Waals surface area (Å²) in [5, 5.41) is 13.0. The van der Waals surface area contributed by atoms with Crippen molar-refractivity contribution >= 4 is 17.7 Å². The Balaban J connectivity index is 1.75. The molecule has 1 atom stereocenters. The summed E-state index contributed by atoms with van der Waals surface area (Å²) in [6.45, 7) is 0.0973. The van der Waals surface area contributed by atoms with Crippen molar-refractivity contribution in [3.63, 3.8) is 0 Å². The van der Waals surface area contributed by atoms with Gasteiger partial charge in [0.05, 0.1) is 5.56 Å². The van der Waals surface area contributed by atoms with E-state index in [-0.39, 0.29) is 18.6 Å². The van der Waals surface area contributed by atoms with Crippen molar-refractivity contribution in [3.05, 3.63) is 54.2 Å². The number of rotatable bonds is 7. The quantitative estimate of drug-likeness (QED) is 0.820. The summed E-state index contributed by atoms with van der Waals surface area (Å²) in [7, 11) is 0. The van der Waals surface area contributed by atoms with Crippen LogP contribution in [0.15, 0.2) is 58.6 Å². The minimum absolute atomic E-state index is 0.0577. The molecular formula is C18H20N2O2S. The maximum absolute atomic E-state index is 12.6. The Bertz CT molecular complexity index is 659. The number of amides is 1. The zero-order valence-corrected chi connectivity index (χ0v) is 13.6. The van der Waals surface area contributed by atoms with E-state index >= 15 is 0 Å². The van der Waals surface area contributed by atoms with Crippen molar-refractivity contribution in [2.45, 2.75) is 35.2 Å². The van der Waals surface area contributed by atoms with Crippen LogP contribution < -0.4 is 5.32 Å². The Kier molecular flexibility index (Phi) is 5.31. The van der Waals surface area contributed by atoms with Gasteiger partial charge in [-0.05, 0) is 49.4 Å². The van der Waals surface area contributed by atoms with Gasteiger partial charge in [-0.1, -0.05) is 30.0 Å². The van der Waals surface area contributed by atoms with E-state index in [1.165, 1.54) is 11.8 Å². The summed E-state index contributed by atoms with van der Waals surface area (Å²) in [6, 6.07) is 13.5. The van der Waals surface area contributed by atoms with Crippen LogP contribution in [0.25, 0.3) is 0 Å². The van der Waals surface area contributed by atoms with Gasteiger partial charge in [-0.25, -0.2) is 4.98 Å². The number of aliphatic hydroxyl groups excluding tert-OH is 1. The van der Waals surface area contributed by atoms with Gasteiger partial charge in [0.15, 0.2) is 0 Å². The Morgan fingerprint density at radius 1 is 1.26 bits per heavy atom. The molecule has 1 aromatic carbocycles. The molecule has 1 heterocycles. The third-order valence-electron chi connectivity index (χ3n) is 3.92. The molecule has 1 aliphatic rings. The minimum atomic E-state index is -0.109. The van der Waals surface area contributed by atoms with E-state index < -0.39 is 0 Å². The Labute approximate surface area is 140 Å². The Hall–Kier alpha value is -1.85. The van der Waals surface area contributed by atoms with Gasteiger partial charge in [-0.15, -0.1) is 0 Å². The van der Waals surface area contributed by atoms with Crippen molar-refractivity contribution in [1.82, 2.24) is 10.3 Å². The van der Waals surface area contributed by atoms with Crippen LogP contribution in [0.4, 0.5) is 0 Å².